The molecular weight excluding hydrogens is 224 g/mol. The summed E-state index contributed by atoms with van der Waals surface area (Å²) in [6, 6.07) is 6.28. The molecular formula is C15H22N2O. The van der Waals surface area contributed by atoms with Crippen LogP contribution in [0.4, 0.5) is 10.5 Å². The van der Waals surface area contributed by atoms with E-state index in [2.05, 4.69) is 36.6 Å². The number of urea groups is 1. The molecule has 0 fully saturated rings. The Morgan fingerprint density at radius 3 is 2.61 bits per heavy atom. The second-order valence-corrected chi connectivity index (χ2v) is 5.47. The number of hydrogen-bond donors (Lipinski definition) is 2. The van der Waals surface area contributed by atoms with Crippen molar-refractivity contribution >= 4 is 11.7 Å². The zero-order chi connectivity index (χ0) is 13.1. The summed E-state index contributed by atoms with van der Waals surface area (Å²) in [5.74, 6) is 0.441. The molecule has 1 aliphatic carbocycles. The summed E-state index contributed by atoms with van der Waals surface area (Å²) < 4.78 is 0. The molecule has 1 aliphatic rings. The second-order valence-electron chi connectivity index (χ2n) is 5.47. The molecule has 1 aromatic rings. The van der Waals surface area contributed by atoms with Crippen LogP contribution in [0.3, 0.4) is 0 Å². The first-order chi connectivity index (χ1) is 8.56. The minimum absolute atomic E-state index is 0.117. The van der Waals surface area contributed by atoms with Crippen LogP contribution < -0.4 is 10.6 Å². The standard InChI is InChI=1S/C15H22N2O/c1-10(2)11(3)16-15(18)17-14-8-7-12-5-4-6-13(12)9-14/h7-11H,4-6H2,1-3H3,(H2,16,17,18)/t11-/m0/s1. The van der Waals surface area contributed by atoms with Crippen molar-refractivity contribution < 1.29 is 4.79 Å². The van der Waals surface area contributed by atoms with Crippen molar-refractivity contribution in [2.24, 2.45) is 5.92 Å². The largest absolute Gasteiger partial charge is 0.335 e. The lowest BCUT2D eigenvalue weighted by atomic mass is 10.1. The van der Waals surface area contributed by atoms with Gasteiger partial charge >= 0.3 is 6.03 Å². The normalized spacial score (nSPS) is 15.3. The maximum Gasteiger partial charge on any atom is 0.319 e. The van der Waals surface area contributed by atoms with Crippen molar-refractivity contribution in [1.29, 1.82) is 0 Å². The van der Waals surface area contributed by atoms with Gasteiger partial charge in [-0.3, -0.25) is 0 Å². The number of carbonyl (C=O) groups excluding carboxylic acids is 1. The van der Waals surface area contributed by atoms with Crippen molar-refractivity contribution in [3.05, 3.63) is 29.3 Å². The Morgan fingerprint density at radius 2 is 1.89 bits per heavy atom. The Bertz CT molecular complexity index is 440. The lowest BCUT2D eigenvalue weighted by Gasteiger charge is -2.18. The van der Waals surface area contributed by atoms with Gasteiger partial charge in [-0.2, -0.15) is 0 Å². The molecule has 0 bridgehead atoms. The van der Waals surface area contributed by atoms with E-state index in [1.54, 1.807) is 0 Å². The molecule has 2 rings (SSSR count). The van der Waals surface area contributed by atoms with E-state index in [0.29, 0.717) is 5.92 Å². The molecule has 18 heavy (non-hydrogen) atoms. The lowest BCUT2D eigenvalue weighted by molar-refractivity contribution is 0.246. The SMILES string of the molecule is CC(C)[C@H](C)NC(=O)Nc1ccc2c(c1)CCC2. The van der Waals surface area contributed by atoms with E-state index in [0.717, 1.165) is 12.1 Å². The van der Waals surface area contributed by atoms with Crippen LogP contribution in [0.1, 0.15) is 38.3 Å². The maximum atomic E-state index is 11.8. The van der Waals surface area contributed by atoms with Crippen molar-refractivity contribution in [3.63, 3.8) is 0 Å². The number of benzene rings is 1. The first kappa shape index (κ1) is 12.9. The zero-order valence-electron chi connectivity index (χ0n) is 11.4. The molecule has 0 heterocycles. The van der Waals surface area contributed by atoms with Crippen LogP contribution in [-0.4, -0.2) is 12.1 Å². The van der Waals surface area contributed by atoms with E-state index in [1.807, 2.05) is 13.0 Å². The van der Waals surface area contributed by atoms with E-state index in [-0.39, 0.29) is 12.1 Å². The molecule has 3 nitrogen and oxygen atoms in total. The Balaban J connectivity index is 1.95. The molecule has 1 atom stereocenters. The van der Waals surface area contributed by atoms with Crippen LogP contribution in [0, 0.1) is 5.92 Å². The van der Waals surface area contributed by atoms with Gasteiger partial charge < -0.3 is 10.6 Å². The molecule has 2 N–H and O–H groups in total. The molecule has 0 unspecified atom stereocenters. The van der Waals surface area contributed by atoms with Crippen LogP contribution in [0.15, 0.2) is 18.2 Å². The number of nitrogens with one attached hydrogen (secondary N) is 2. The molecule has 0 aromatic heterocycles. The van der Waals surface area contributed by atoms with Gasteiger partial charge in [0.05, 0.1) is 0 Å². The number of anilines is 1. The quantitative estimate of drug-likeness (QED) is 0.843. The molecule has 3 heteroatoms. The maximum absolute atomic E-state index is 11.8. The Kier molecular flexibility index (Phi) is 3.90. The van der Waals surface area contributed by atoms with Gasteiger partial charge in [0.15, 0.2) is 0 Å². The summed E-state index contributed by atoms with van der Waals surface area (Å²) in [6.07, 6.45) is 3.54. The molecule has 0 saturated heterocycles. The molecule has 1 aromatic carbocycles. The highest BCUT2D eigenvalue weighted by molar-refractivity contribution is 5.89. The van der Waals surface area contributed by atoms with E-state index in [1.165, 1.54) is 24.0 Å². The molecule has 0 saturated carbocycles. The monoisotopic (exact) mass is 246 g/mol. The Morgan fingerprint density at radius 1 is 1.17 bits per heavy atom. The average Bonchev–Trinajstić information content (AvgIpc) is 2.75. The number of aryl methyl sites for hydroxylation is 2. The van der Waals surface area contributed by atoms with Gasteiger partial charge in [0.1, 0.15) is 0 Å². The van der Waals surface area contributed by atoms with Crippen molar-refractivity contribution in [2.75, 3.05) is 5.32 Å². The van der Waals surface area contributed by atoms with Gasteiger partial charge in [0.25, 0.3) is 0 Å². The zero-order valence-corrected chi connectivity index (χ0v) is 11.4. The number of fused-ring (bicyclic) bond motifs is 1. The minimum atomic E-state index is -0.117. The summed E-state index contributed by atoms with van der Waals surface area (Å²) in [7, 11) is 0. The third-order valence-corrected chi connectivity index (χ3v) is 3.72. The highest BCUT2D eigenvalue weighted by atomic mass is 16.2. The van der Waals surface area contributed by atoms with Gasteiger partial charge in [-0.25, -0.2) is 4.79 Å². The fraction of sp³-hybridized carbons (Fsp3) is 0.533. The molecule has 0 spiro atoms. The molecule has 2 amide bonds. The third kappa shape index (κ3) is 3.03. The van der Waals surface area contributed by atoms with E-state index in [4.69, 9.17) is 0 Å². The highest BCUT2D eigenvalue weighted by Gasteiger charge is 2.13. The van der Waals surface area contributed by atoms with Gasteiger partial charge in [-0.15, -0.1) is 0 Å². The van der Waals surface area contributed by atoms with Crippen molar-refractivity contribution in [3.8, 4) is 0 Å². The van der Waals surface area contributed by atoms with Crippen LogP contribution in [0.25, 0.3) is 0 Å². The fourth-order valence-corrected chi connectivity index (χ4v) is 2.19. The second kappa shape index (κ2) is 5.42. The predicted octanol–water partition coefficient (Wildman–Crippen LogP) is 3.34. The van der Waals surface area contributed by atoms with Crippen LogP contribution in [0.5, 0.6) is 0 Å². The van der Waals surface area contributed by atoms with E-state index >= 15 is 0 Å². The number of hydrogen-bond acceptors (Lipinski definition) is 1. The smallest absolute Gasteiger partial charge is 0.319 e. The first-order valence-corrected chi connectivity index (χ1v) is 6.75. The summed E-state index contributed by atoms with van der Waals surface area (Å²) in [5, 5.41) is 5.85. The van der Waals surface area contributed by atoms with Gasteiger partial charge in [-0.05, 0) is 55.4 Å². The summed E-state index contributed by atoms with van der Waals surface area (Å²) in [5.41, 5.74) is 3.70. The topological polar surface area (TPSA) is 41.1 Å². The molecule has 0 radical (unpaired) electrons. The van der Waals surface area contributed by atoms with Crippen LogP contribution in [-0.2, 0) is 12.8 Å². The number of rotatable bonds is 3. The van der Waals surface area contributed by atoms with Crippen molar-refractivity contribution in [1.82, 2.24) is 5.32 Å². The van der Waals surface area contributed by atoms with E-state index < -0.39 is 0 Å². The molecule has 0 aliphatic heterocycles. The number of carbonyl (C=O) groups is 1. The van der Waals surface area contributed by atoms with Crippen LogP contribution in [0.2, 0.25) is 0 Å². The van der Waals surface area contributed by atoms with E-state index in [9.17, 15) is 4.79 Å². The fourth-order valence-electron chi connectivity index (χ4n) is 2.19. The minimum Gasteiger partial charge on any atom is -0.335 e. The third-order valence-electron chi connectivity index (χ3n) is 3.72. The molecule has 98 valence electrons. The Labute approximate surface area is 109 Å². The van der Waals surface area contributed by atoms with Crippen molar-refractivity contribution in [2.45, 2.75) is 46.1 Å². The van der Waals surface area contributed by atoms with Crippen LogP contribution >= 0.6 is 0 Å². The highest BCUT2D eigenvalue weighted by Crippen LogP contribution is 2.24. The average molecular weight is 246 g/mol. The van der Waals surface area contributed by atoms with Gasteiger partial charge in [0.2, 0.25) is 0 Å². The summed E-state index contributed by atoms with van der Waals surface area (Å²) in [6.45, 7) is 6.22. The first-order valence-electron chi connectivity index (χ1n) is 6.75. The lowest BCUT2D eigenvalue weighted by Crippen LogP contribution is -2.39. The van der Waals surface area contributed by atoms with Gasteiger partial charge in [-0.1, -0.05) is 19.9 Å². The summed E-state index contributed by atoms with van der Waals surface area (Å²) >= 11 is 0. The number of amides is 2. The summed E-state index contributed by atoms with van der Waals surface area (Å²) in [4.78, 5) is 11.8. The van der Waals surface area contributed by atoms with Gasteiger partial charge in [0, 0.05) is 11.7 Å². The predicted molar refractivity (Wildman–Crippen MR) is 74.9 cm³/mol. The Hall–Kier alpha value is -1.51.